The molecule has 4 rings (SSSR count). The van der Waals surface area contributed by atoms with E-state index in [1.807, 2.05) is 66.7 Å². The molecule has 0 saturated carbocycles. The van der Waals surface area contributed by atoms with Gasteiger partial charge in [0.05, 0.1) is 22.7 Å². The van der Waals surface area contributed by atoms with Crippen LogP contribution in [-0.2, 0) is 4.74 Å². The first-order valence-electron chi connectivity index (χ1n) is 10.6. The second kappa shape index (κ2) is 10.2. The Morgan fingerprint density at radius 2 is 1.67 bits per heavy atom. The molecule has 1 unspecified atom stereocenters. The maximum absolute atomic E-state index is 12.9. The molecule has 0 aliphatic heterocycles. The lowest BCUT2D eigenvalue weighted by molar-refractivity contribution is 0.0441. The zero-order valence-electron chi connectivity index (χ0n) is 18.1. The van der Waals surface area contributed by atoms with Gasteiger partial charge < -0.3 is 4.74 Å². The molecule has 5 heteroatoms. The number of hydrogen-bond donors (Lipinski definition) is 0. The molecule has 0 radical (unpaired) electrons. The molecule has 0 spiro atoms. The molecular weight excluding hydrogens is 434 g/mol. The van der Waals surface area contributed by atoms with E-state index >= 15 is 0 Å². The van der Waals surface area contributed by atoms with Crippen molar-refractivity contribution < 1.29 is 14.3 Å². The first-order chi connectivity index (χ1) is 16.0. The monoisotopic (exact) mass is 455 g/mol. The van der Waals surface area contributed by atoms with Crippen LogP contribution in [-0.4, -0.2) is 23.3 Å². The molecule has 3 aromatic carbocycles. The highest BCUT2D eigenvalue weighted by molar-refractivity contribution is 6.31. The average Bonchev–Trinajstić information content (AvgIpc) is 2.85. The molecule has 164 valence electrons. The summed E-state index contributed by atoms with van der Waals surface area (Å²) in [7, 11) is 0. The van der Waals surface area contributed by atoms with Crippen LogP contribution in [0.4, 0.5) is 0 Å². The quantitative estimate of drug-likeness (QED) is 0.229. The molecule has 1 aromatic heterocycles. The van der Waals surface area contributed by atoms with Gasteiger partial charge in [0, 0.05) is 16.0 Å². The predicted molar refractivity (Wildman–Crippen MR) is 132 cm³/mol. The number of halogens is 1. The third kappa shape index (κ3) is 5.73. The second-order valence-corrected chi connectivity index (χ2v) is 8.20. The van der Waals surface area contributed by atoms with Gasteiger partial charge in [-0.3, -0.25) is 4.79 Å². The van der Waals surface area contributed by atoms with Gasteiger partial charge in [-0.15, -0.1) is 0 Å². The lowest BCUT2D eigenvalue weighted by Gasteiger charge is -2.12. The fraction of sp³-hybridized carbons (Fsp3) is 0.107. The van der Waals surface area contributed by atoms with E-state index in [1.165, 1.54) is 0 Å². The van der Waals surface area contributed by atoms with E-state index in [9.17, 15) is 9.59 Å². The van der Waals surface area contributed by atoms with Crippen molar-refractivity contribution in [2.75, 3.05) is 6.61 Å². The van der Waals surface area contributed by atoms with Crippen LogP contribution in [0.2, 0.25) is 5.02 Å². The summed E-state index contributed by atoms with van der Waals surface area (Å²) in [5.41, 5.74) is 3.53. The van der Waals surface area contributed by atoms with Gasteiger partial charge in [0.15, 0.2) is 5.78 Å². The van der Waals surface area contributed by atoms with Gasteiger partial charge in [0.1, 0.15) is 6.61 Å². The van der Waals surface area contributed by atoms with Gasteiger partial charge in [-0.1, -0.05) is 73.1 Å². The molecule has 0 saturated heterocycles. The van der Waals surface area contributed by atoms with E-state index in [0.717, 1.165) is 22.2 Å². The minimum Gasteiger partial charge on any atom is -0.461 e. The van der Waals surface area contributed by atoms with Crippen LogP contribution < -0.4 is 0 Å². The number of carbonyl (C=O) groups is 2. The van der Waals surface area contributed by atoms with Crippen LogP contribution in [0.5, 0.6) is 0 Å². The van der Waals surface area contributed by atoms with E-state index in [1.54, 1.807) is 37.3 Å². The maximum Gasteiger partial charge on any atom is 0.338 e. The number of rotatable bonds is 7. The minimum atomic E-state index is -0.455. The minimum absolute atomic E-state index is 0.0240. The van der Waals surface area contributed by atoms with Gasteiger partial charge >= 0.3 is 5.97 Å². The van der Waals surface area contributed by atoms with E-state index in [0.29, 0.717) is 16.1 Å². The molecule has 0 aliphatic carbocycles. The van der Waals surface area contributed by atoms with Gasteiger partial charge in [-0.2, -0.15) is 0 Å². The number of pyridine rings is 1. The van der Waals surface area contributed by atoms with Crippen molar-refractivity contribution in [1.29, 1.82) is 0 Å². The van der Waals surface area contributed by atoms with Crippen LogP contribution in [0.15, 0.2) is 84.9 Å². The number of benzene rings is 3. The Balaban J connectivity index is 1.42. The SMILES string of the molecule is CC(COC(=O)c1ccccc1)C(=O)c1cccc(/C=C/c2ccc3ccc(Cl)cc3n2)c1. The molecule has 4 aromatic rings. The van der Waals surface area contributed by atoms with Crippen molar-refractivity contribution in [3.05, 3.63) is 112 Å². The summed E-state index contributed by atoms with van der Waals surface area (Å²) in [6, 6.07) is 25.6. The summed E-state index contributed by atoms with van der Waals surface area (Å²) in [6.07, 6.45) is 3.81. The molecule has 0 aliphatic rings. The summed E-state index contributed by atoms with van der Waals surface area (Å²) in [5.74, 6) is -0.968. The zero-order chi connectivity index (χ0) is 23.2. The summed E-state index contributed by atoms with van der Waals surface area (Å²) >= 11 is 6.07. The number of Topliss-reactive ketones (excluding diaryl/α,β-unsaturated/α-hetero) is 1. The van der Waals surface area contributed by atoms with Gasteiger partial charge in [0.25, 0.3) is 0 Å². The Bertz CT molecular complexity index is 1330. The number of carbonyl (C=O) groups excluding carboxylic acids is 2. The standard InChI is InChI=1S/C28H22ClNO3/c1-19(18-33-28(32)22-7-3-2-4-8-22)27(31)23-9-5-6-20(16-23)10-14-25-15-12-21-11-13-24(29)17-26(21)30-25/h2-17,19H,18H2,1H3/b14-10+. The largest absolute Gasteiger partial charge is 0.461 e. The number of aromatic nitrogens is 1. The third-order valence-corrected chi connectivity index (χ3v) is 5.45. The predicted octanol–water partition coefficient (Wildman–Crippen LogP) is 6.73. The highest BCUT2D eigenvalue weighted by Crippen LogP contribution is 2.19. The highest BCUT2D eigenvalue weighted by Gasteiger charge is 2.18. The Kier molecular flexibility index (Phi) is 6.96. The summed E-state index contributed by atoms with van der Waals surface area (Å²) in [5, 5.41) is 1.66. The highest BCUT2D eigenvalue weighted by atomic mass is 35.5. The van der Waals surface area contributed by atoms with Crippen LogP contribution in [0.3, 0.4) is 0 Å². The van der Waals surface area contributed by atoms with E-state index in [4.69, 9.17) is 16.3 Å². The van der Waals surface area contributed by atoms with E-state index in [2.05, 4.69) is 4.98 Å². The van der Waals surface area contributed by atoms with Crippen molar-refractivity contribution in [3.8, 4) is 0 Å². The Hall–Kier alpha value is -3.76. The Labute approximate surface area is 197 Å². The number of ketones is 1. The van der Waals surface area contributed by atoms with Crippen LogP contribution in [0.25, 0.3) is 23.1 Å². The van der Waals surface area contributed by atoms with Crippen molar-refractivity contribution in [1.82, 2.24) is 4.98 Å². The molecule has 4 nitrogen and oxygen atoms in total. The molecule has 1 atom stereocenters. The van der Waals surface area contributed by atoms with Crippen molar-refractivity contribution in [2.24, 2.45) is 5.92 Å². The number of nitrogens with zero attached hydrogens (tertiary/aromatic N) is 1. The number of fused-ring (bicyclic) bond motifs is 1. The fourth-order valence-electron chi connectivity index (χ4n) is 3.39. The number of ether oxygens (including phenoxy) is 1. The van der Waals surface area contributed by atoms with Gasteiger partial charge in [-0.25, -0.2) is 9.78 Å². The van der Waals surface area contributed by atoms with E-state index in [-0.39, 0.29) is 12.4 Å². The number of hydrogen-bond acceptors (Lipinski definition) is 4. The normalized spacial score (nSPS) is 12.1. The molecule has 0 N–H and O–H groups in total. The van der Waals surface area contributed by atoms with Crippen molar-refractivity contribution in [3.63, 3.8) is 0 Å². The molecule has 1 heterocycles. The van der Waals surface area contributed by atoms with Crippen molar-refractivity contribution in [2.45, 2.75) is 6.92 Å². The summed E-state index contributed by atoms with van der Waals surface area (Å²) in [6.45, 7) is 1.78. The second-order valence-electron chi connectivity index (χ2n) is 7.76. The molecule has 0 fully saturated rings. The lowest BCUT2D eigenvalue weighted by Crippen LogP contribution is -2.20. The average molecular weight is 456 g/mol. The first-order valence-corrected chi connectivity index (χ1v) is 11.0. The lowest BCUT2D eigenvalue weighted by atomic mass is 9.98. The fourth-order valence-corrected chi connectivity index (χ4v) is 3.56. The molecular formula is C28H22ClNO3. The molecule has 33 heavy (non-hydrogen) atoms. The Morgan fingerprint density at radius 1 is 0.909 bits per heavy atom. The molecule has 0 amide bonds. The third-order valence-electron chi connectivity index (χ3n) is 5.21. The molecule has 0 bridgehead atoms. The Morgan fingerprint density at radius 3 is 2.48 bits per heavy atom. The van der Waals surface area contributed by atoms with Gasteiger partial charge in [0.2, 0.25) is 0 Å². The van der Waals surface area contributed by atoms with Crippen LogP contribution in [0, 0.1) is 5.92 Å². The topological polar surface area (TPSA) is 56.3 Å². The number of esters is 1. The maximum atomic E-state index is 12.9. The van der Waals surface area contributed by atoms with Crippen molar-refractivity contribution >= 4 is 46.4 Å². The van der Waals surface area contributed by atoms with Crippen LogP contribution in [0.1, 0.15) is 38.9 Å². The van der Waals surface area contributed by atoms with Crippen LogP contribution >= 0.6 is 11.6 Å². The van der Waals surface area contributed by atoms with E-state index < -0.39 is 11.9 Å². The van der Waals surface area contributed by atoms with Gasteiger partial charge in [-0.05, 0) is 48.0 Å². The first kappa shape index (κ1) is 22.4. The smallest absolute Gasteiger partial charge is 0.338 e. The summed E-state index contributed by atoms with van der Waals surface area (Å²) in [4.78, 5) is 29.6. The zero-order valence-corrected chi connectivity index (χ0v) is 18.8. The summed E-state index contributed by atoms with van der Waals surface area (Å²) < 4.78 is 5.32.